The number of rotatable bonds is 11. The number of hydrogen-bond donors (Lipinski definition) is 5. The summed E-state index contributed by atoms with van der Waals surface area (Å²) in [5.74, 6) is -0.648. The quantitative estimate of drug-likeness (QED) is 0.211. The number of aliphatic hydroxyl groups is 1. The standard InChI is InChI=1S/C27H32F2N4O6/c1-26(2,36)14-37-17-4-6-21(32-13-17)20(12-30)24(35)33-15-8-27(9-15)10-18(11-27)38-22-7-16(39-25(28)29)3-5-19(22)23(31)34/h3-7,12-13,15,18,25,30,32,36H,8-11,14H2,1-2H3,(H2,31,34)(H,33,35)/b21-20+,30-12?. The zero-order valence-corrected chi connectivity index (χ0v) is 21.6. The molecule has 1 heterocycles. The number of primary amides is 1. The van der Waals surface area contributed by atoms with E-state index < -0.39 is 18.1 Å². The van der Waals surface area contributed by atoms with E-state index >= 15 is 0 Å². The summed E-state index contributed by atoms with van der Waals surface area (Å²) in [6.45, 7) is 0.353. The molecule has 12 heteroatoms. The maximum absolute atomic E-state index is 12.8. The molecule has 6 N–H and O–H groups in total. The van der Waals surface area contributed by atoms with Crippen LogP contribution in [0.15, 0.2) is 53.6 Å². The van der Waals surface area contributed by atoms with Gasteiger partial charge in [-0.1, -0.05) is 0 Å². The first-order chi connectivity index (χ1) is 18.4. The number of hydrogen-bond acceptors (Lipinski definition) is 8. The summed E-state index contributed by atoms with van der Waals surface area (Å²) in [4.78, 5) is 24.6. The van der Waals surface area contributed by atoms with Gasteiger partial charge in [-0.25, -0.2) is 0 Å². The van der Waals surface area contributed by atoms with Crippen molar-refractivity contribution in [2.24, 2.45) is 11.1 Å². The molecule has 3 aliphatic rings. The van der Waals surface area contributed by atoms with Gasteiger partial charge < -0.3 is 41.1 Å². The number of dihydropyridines is 1. The molecular formula is C27H32F2N4O6. The van der Waals surface area contributed by atoms with E-state index in [2.05, 4.69) is 15.4 Å². The normalized spacial score (nSPS) is 25.0. The molecule has 0 bridgehead atoms. The molecule has 2 amide bonds. The molecule has 0 saturated heterocycles. The zero-order valence-electron chi connectivity index (χ0n) is 21.6. The summed E-state index contributed by atoms with van der Waals surface area (Å²) in [6.07, 6.45) is 8.43. The van der Waals surface area contributed by atoms with Crippen molar-refractivity contribution in [3.8, 4) is 11.5 Å². The van der Waals surface area contributed by atoms with Gasteiger partial charge in [0.05, 0.1) is 28.5 Å². The third-order valence-electron chi connectivity index (χ3n) is 6.81. The van der Waals surface area contributed by atoms with E-state index in [-0.39, 0.29) is 52.7 Å². The van der Waals surface area contributed by atoms with Crippen LogP contribution in [0.3, 0.4) is 0 Å². The lowest BCUT2D eigenvalue weighted by molar-refractivity contribution is -0.123. The maximum atomic E-state index is 12.8. The van der Waals surface area contributed by atoms with Crippen LogP contribution in [0.4, 0.5) is 8.78 Å². The Morgan fingerprint density at radius 3 is 2.56 bits per heavy atom. The molecule has 2 fully saturated rings. The van der Waals surface area contributed by atoms with Gasteiger partial charge in [0.15, 0.2) is 0 Å². The van der Waals surface area contributed by atoms with Gasteiger partial charge in [0.25, 0.3) is 11.8 Å². The van der Waals surface area contributed by atoms with Crippen molar-refractivity contribution in [1.29, 1.82) is 5.41 Å². The van der Waals surface area contributed by atoms with E-state index in [0.29, 0.717) is 24.3 Å². The number of amides is 2. The molecule has 1 aromatic rings. The van der Waals surface area contributed by atoms with Crippen molar-refractivity contribution in [3.63, 3.8) is 0 Å². The highest BCUT2D eigenvalue weighted by atomic mass is 19.3. The molecule has 1 aromatic carbocycles. The van der Waals surface area contributed by atoms with Gasteiger partial charge in [0, 0.05) is 24.5 Å². The average Bonchev–Trinajstić information content (AvgIpc) is 2.80. The molecule has 2 aliphatic carbocycles. The summed E-state index contributed by atoms with van der Waals surface area (Å²) in [6, 6.07) is 3.70. The number of carbonyl (C=O) groups is 2. The number of allylic oxidation sites excluding steroid dienone is 2. The van der Waals surface area contributed by atoms with Crippen LogP contribution in [0.1, 0.15) is 49.9 Å². The van der Waals surface area contributed by atoms with E-state index in [1.54, 1.807) is 32.2 Å². The van der Waals surface area contributed by atoms with E-state index in [0.717, 1.165) is 19.1 Å². The molecule has 1 spiro atoms. The van der Waals surface area contributed by atoms with Crippen LogP contribution in [0.5, 0.6) is 11.5 Å². The Kier molecular flexibility index (Phi) is 7.96. The van der Waals surface area contributed by atoms with Gasteiger partial charge >= 0.3 is 6.61 Å². The van der Waals surface area contributed by atoms with E-state index in [4.69, 9.17) is 20.6 Å². The summed E-state index contributed by atoms with van der Waals surface area (Å²) in [7, 11) is 0. The average molecular weight is 547 g/mol. The first-order valence-corrected chi connectivity index (χ1v) is 12.5. The molecular weight excluding hydrogens is 514 g/mol. The summed E-state index contributed by atoms with van der Waals surface area (Å²) >= 11 is 0. The highest BCUT2D eigenvalue weighted by Crippen LogP contribution is 2.57. The largest absolute Gasteiger partial charge is 0.489 e. The van der Waals surface area contributed by atoms with Crippen LogP contribution < -0.4 is 25.8 Å². The van der Waals surface area contributed by atoms with Crippen LogP contribution in [0, 0.1) is 10.8 Å². The Bertz CT molecular complexity index is 1220. The number of halogens is 2. The van der Waals surface area contributed by atoms with Crippen LogP contribution >= 0.6 is 0 Å². The Balaban J connectivity index is 1.27. The van der Waals surface area contributed by atoms with Crippen LogP contribution in [-0.2, 0) is 9.53 Å². The lowest BCUT2D eigenvalue weighted by Gasteiger charge is -2.57. The van der Waals surface area contributed by atoms with Crippen LogP contribution in [0.25, 0.3) is 0 Å². The second kappa shape index (κ2) is 11.0. The van der Waals surface area contributed by atoms with Crippen molar-refractivity contribution in [2.45, 2.75) is 63.9 Å². The van der Waals surface area contributed by atoms with Crippen molar-refractivity contribution in [1.82, 2.24) is 10.6 Å². The molecule has 210 valence electrons. The maximum Gasteiger partial charge on any atom is 0.387 e. The lowest BCUT2D eigenvalue weighted by atomic mass is 9.53. The predicted octanol–water partition coefficient (Wildman–Crippen LogP) is 2.89. The first kappa shape index (κ1) is 28.1. The number of nitrogens with two attached hydrogens (primary N) is 1. The number of nitrogens with one attached hydrogen (secondary N) is 3. The third kappa shape index (κ3) is 6.94. The Hall–Kier alpha value is -3.93. The van der Waals surface area contributed by atoms with Gasteiger partial charge in [-0.15, -0.1) is 0 Å². The number of carbonyl (C=O) groups excluding carboxylic acids is 2. The van der Waals surface area contributed by atoms with Crippen LogP contribution in [0.2, 0.25) is 0 Å². The number of ether oxygens (including phenoxy) is 3. The first-order valence-electron chi connectivity index (χ1n) is 12.5. The highest BCUT2D eigenvalue weighted by molar-refractivity contribution is 6.12. The smallest absolute Gasteiger partial charge is 0.387 e. The molecule has 10 nitrogen and oxygen atoms in total. The summed E-state index contributed by atoms with van der Waals surface area (Å²) < 4.78 is 40.9. The monoisotopic (exact) mass is 546 g/mol. The van der Waals surface area contributed by atoms with Crippen molar-refractivity contribution >= 4 is 18.0 Å². The van der Waals surface area contributed by atoms with E-state index in [1.807, 2.05) is 0 Å². The summed E-state index contributed by atoms with van der Waals surface area (Å²) in [5.41, 5.74) is 5.10. The van der Waals surface area contributed by atoms with Gasteiger partial charge in [-0.2, -0.15) is 8.78 Å². The van der Waals surface area contributed by atoms with Crippen molar-refractivity contribution < 1.29 is 37.7 Å². The minimum absolute atomic E-state index is 0.0109. The Labute approximate surface area is 224 Å². The molecule has 2 saturated carbocycles. The topological polar surface area (TPSA) is 156 Å². The fraction of sp³-hybridized carbons (Fsp3) is 0.444. The van der Waals surface area contributed by atoms with Crippen molar-refractivity contribution in [2.75, 3.05) is 6.61 Å². The highest BCUT2D eigenvalue weighted by Gasteiger charge is 2.54. The molecule has 1 aliphatic heterocycles. The fourth-order valence-corrected chi connectivity index (χ4v) is 5.03. The van der Waals surface area contributed by atoms with Gasteiger partial charge in [-0.3, -0.25) is 9.59 Å². The number of benzene rings is 1. The predicted molar refractivity (Wildman–Crippen MR) is 137 cm³/mol. The minimum atomic E-state index is -3.01. The molecule has 0 radical (unpaired) electrons. The van der Waals surface area contributed by atoms with E-state index in [9.17, 15) is 23.5 Å². The molecule has 39 heavy (non-hydrogen) atoms. The SMILES string of the molecule is CC(C)(O)COC1=CN/C(=C(\C=N)C(=O)NC2CC3(C2)CC(Oc2cc(OC(F)F)ccc2C(N)=O)C3)C=C1. The van der Waals surface area contributed by atoms with E-state index in [1.165, 1.54) is 18.2 Å². The third-order valence-corrected chi connectivity index (χ3v) is 6.81. The molecule has 0 aromatic heterocycles. The minimum Gasteiger partial charge on any atom is -0.489 e. The second-order valence-electron chi connectivity index (χ2n) is 10.7. The van der Waals surface area contributed by atoms with Crippen LogP contribution in [-0.4, -0.2) is 54.1 Å². The zero-order chi connectivity index (χ0) is 28.4. The Morgan fingerprint density at radius 2 is 2.00 bits per heavy atom. The second-order valence-corrected chi connectivity index (χ2v) is 10.7. The molecule has 0 unspecified atom stereocenters. The Morgan fingerprint density at radius 1 is 1.28 bits per heavy atom. The lowest BCUT2D eigenvalue weighted by Crippen LogP contribution is -2.59. The van der Waals surface area contributed by atoms with Gasteiger partial charge in [-0.05, 0) is 69.2 Å². The molecule has 4 rings (SSSR count). The van der Waals surface area contributed by atoms with Gasteiger partial charge in [0.1, 0.15) is 23.9 Å². The van der Waals surface area contributed by atoms with Crippen molar-refractivity contribution in [3.05, 3.63) is 59.1 Å². The van der Waals surface area contributed by atoms with Gasteiger partial charge in [0.2, 0.25) is 0 Å². The summed E-state index contributed by atoms with van der Waals surface area (Å²) in [5, 5.41) is 23.4. The molecule has 0 atom stereocenters. The fourth-order valence-electron chi connectivity index (χ4n) is 5.03. The number of alkyl halides is 2.